The average Bonchev–Trinajstić information content (AvgIpc) is 2.95. The third-order valence-corrected chi connectivity index (χ3v) is 5.08. The molecule has 122 valence electrons. The maximum absolute atomic E-state index is 12.3. The van der Waals surface area contributed by atoms with E-state index < -0.39 is 0 Å². The van der Waals surface area contributed by atoms with Gasteiger partial charge in [0.05, 0.1) is 5.75 Å². The Labute approximate surface area is 145 Å². The first kappa shape index (κ1) is 16.3. The Morgan fingerprint density at radius 1 is 1.17 bits per heavy atom. The van der Waals surface area contributed by atoms with Crippen LogP contribution in [0.2, 0.25) is 5.02 Å². The van der Waals surface area contributed by atoms with Gasteiger partial charge in [0.15, 0.2) is 5.16 Å². The molecule has 0 N–H and O–H groups in total. The Morgan fingerprint density at radius 3 is 2.57 bits per heavy atom. The van der Waals surface area contributed by atoms with Crippen molar-refractivity contribution in [3.05, 3.63) is 35.1 Å². The lowest BCUT2D eigenvalue weighted by atomic mass is 10.1. The number of halogens is 1. The number of aromatic nitrogens is 3. The number of thioether (sulfide) groups is 1. The topological polar surface area (TPSA) is 51.0 Å². The molecule has 3 rings (SSSR count). The number of nitrogens with zero attached hydrogens (tertiary/aromatic N) is 4. The van der Waals surface area contributed by atoms with Gasteiger partial charge in [0, 0.05) is 23.8 Å². The molecule has 1 saturated heterocycles. The number of aryl methyl sites for hydroxylation is 1. The standard InChI is InChI=1S/C16H19ClN4OS/c1-12-18-19-16(21(12)14-7-5-13(17)6-8-14)23-11-15(22)20-9-3-2-4-10-20/h5-8H,2-4,9-11H2,1H3. The van der Waals surface area contributed by atoms with Crippen LogP contribution in [0.3, 0.4) is 0 Å². The summed E-state index contributed by atoms with van der Waals surface area (Å²) in [5.41, 5.74) is 0.949. The van der Waals surface area contributed by atoms with Crippen molar-refractivity contribution in [3.63, 3.8) is 0 Å². The Bertz CT molecular complexity index is 680. The van der Waals surface area contributed by atoms with Gasteiger partial charge in [-0.05, 0) is 50.5 Å². The molecule has 0 unspecified atom stereocenters. The molecule has 2 heterocycles. The molecule has 1 aliphatic rings. The zero-order chi connectivity index (χ0) is 16.2. The minimum Gasteiger partial charge on any atom is -0.342 e. The lowest BCUT2D eigenvalue weighted by Gasteiger charge is -2.26. The minimum atomic E-state index is 0.179. The molecule has 7 heteroatoms. The van der Waals surface area contributed by atoms with E-state index in [4.69, 9.17) is 11.6 Å². The molecule has 1 amide bonds. The van der Waals surface area contributed by atoms with Crippen LogP contribution in [0.15, 0.2) is 29.4 Å². The number of rotatable bonds is 4. The van der Waals surface area contributed by atoms with Crippen LogP contribution < -0.4 is 0 Å². The third-order valence-electron chi connectivity index (χ3n) is 3.91. The largest absolute Gasteiger partial charge is 0.342 e. The second-order valence-corrected chi connectivity index (χ2v) is 6.95. The molecular formula is C16H19ClN4OS. The van der Waals surface area contributed by atoms with Gasteiger partial charge in [0.2, 0.25) is 5.91 Å². The summed E-state index contributed by atoms with van der Waals surface area (Å²) in [7, 11) is 0. The van der Waals surface area contributed by atoms with Crippen LogP contribution in [0, 0.1) is 6.92 Å². The molecule has 0 radical (unpaired) electrons. The molecule has 0 bridgehead atoms. The summed E-state index contributed by atoms with van der Waals surface area (Å²) >= 11 is 7.38. The first-order valence-electron chi connectivity index (χ1n) is 7.73. The predicted molar refractivity (Wildman–Crippen MR) is 92.3 cm³/mol. The maximum atomic E-state index is 12.3. The van der Waals surface area contributed by atoms with Crippen molar-refractivity contribution in [1.29, 1.82) is 0 Å². The Balaban J connectivity index is 1.71. The second-order valence-electron chi connectivity index (χ2n) is 5.57. The molecule has 2 aromatic rings. The molecule has 0 saturated carbocycles. The number of hydrogen-bond acceptors (Lipinski definition) is 4. The summed E-state index contributed by atoms with van der Waals surface area (Å²) in [5.74, 6) is 1.37. The summed E-state index contributed by atoms with van der Waals surface area (Å²) in [6, 6.07) is 7.53. The lowest BCUT2D eigenvalue weighted by molar-refractivity contribution is -0.129. The van der Waals surface area contributed by atoms with Gasteiger partial charge in [-0.3, -0.25) is 9.36 Å². The van der Waals surface area contributed by atoms with E-state index in [-0.39, 0.29) is 5.91 Å². The number of carbonyl (C=O) groups excluding carboxylic acids is 1. The highest BCUT2D eigenvalue weighted by Gasteiger charge is 2.18. The van der Waals surface area contributed by atoms with Crippen molar-refractivity contribution in [1.82, 2.24) is 19.7 Å². The van der Waals surface area contributed by atoms with Gasteiger partial charge in [-0.15, -0.1) is 10.2 Å². The summed E-state index contributed by atoms with van der Waals surface area (Å²) in [5, 5.41) is 9.76. The van der Waals surface area contributed by atoms with E-state index >= 15 is 0 Å². The van der Waals surface area contributed by atoms with Gasteiger partial charge >= 0.3 is 0 Å². The van der Waals surface area contributed by atoms with E-state index in [0.717, 1.165) is 42.6 Å². The Morgan fingerprint density at radius 2 is 1.87 bits per heavy atom. The van der Waals surface area contributed by atoms with Crippen molar-refractivity contribution in [2.45, 2.75) is 31.3 Å². The van der Waals surface area contributed by atoms with E-state index in [9.17, 15) is 4.79 Å². The summed E-state index contributed by atoms with van der Waals surface area (Å²) < 4.78 is 1.95. The van der Waals surface area contributed by atoms with E-state index in [2.05, 4.69) is 10.2 Å². The van der Waals surface area contributed by atoms with Gasteiger partial charge in [-0.25, -0.2) is 0 Å². The highest BCUT2D eigenvalue weighted by molar-refractivity contribution is 7.99. The highest BCUT2D eigenvalue weighted by Crippen LogP contribution is 2.23. The van der Waals surface area contributed by atoms with Crippen molar-refractivity contribution in [2.24, 2.45) is 0 Å². The van der Waals surface area contributed by atoms with Crippen LogP contribution in [-0.2, 0) is 4.79 Å². The smallest absolute Gasteiger partial charge is 0.233 e. The average molecular weight is 351 g/mol. The normalized spacial score (nSPS) is 15.0. The molecular weight excluding hydrogens is 332 g/mol. The summed E-state index contributed by atoms with van der Waals surface area (Å²) in [6.07, 6.45) is 3.44. The van der Waals surface area contributed by atoms with Crippen molar-refractivity contribution >= 4 is 29.3 Å². The van der Waals surface area contributed by atoms with E-state index in [0.29, 0.717) is 10.8 Å². The molecule has 1 fully saturated rings. The minimum absolute atomic E-state index is 0.179. The Hall–Kier alpha value is -1.53. The first-order valence-corrected chi connectivity index (χ1v) is 9.10. The zero-order valence-electron chi connectivity index (χ0n) is 13.0. The number of hydrogen-bond donors (Lipinski definition) is 0. The van der Waals surface area contributed by atoms with Gasteiger partial charge in [0.25, 0.3) is 0 Å². The van der Waals surface area contributed by atoms with Crippen LogP contribution in [-0.4, -0.2) is 44.4 Å². The maximum Gasteiger partial charge on any atom is 0.233 e. The number of amides is 1. The fourth-order valence-electron chi connectivity index (χ4n) is 2.68. The van der Waals surface area contributed by atoms with Gasteiger partial charge in [-0.1, -0.05) is 23.4 Å². The van der Waals surface area contributed by atoms with Crippen LogP contribution in [0.1, 0.15) is 25.1 Å². The Kier molecular flexibility index (Phi) is 5.23. The third kappa shape index (κ3) is 3.87. The van der Waals surface area contributed by atoms with E-state index in [1.54, 1.807) is 0 Å². The molecule has 23 heavy (non-hydrogen) atoms. The fourth-order valence-corrected chi connectivity index (χ4v) is 3.71. The number of carbonyl (C=O) groups is 1. The van der Waals surface area contributed by atoms with Gasteiger partial charge in [0.1, 0.15) is 5.82 Å². The zero-order valence-corrected chi connectivity index (χ0v) is 14.6. The second kappa shape index (κ2) is 7.36. The van der Waals surface area contributed by atoms with Crippen LogP contribution >= 0.6 is 23.4 Å². The van der Waals surface area contributed by atoms with E-state index in [1.807, 2.05) is 40.7 Å². The molecule has 1 aromatic heterocycles. The number of benzene rings is 1. The molecule has 0 aliphatic carbocycles. The summed E-state index contributed by atoms with van der Waals surface area (Å²) in [4.78, 5) is 14.3. The van der Waals surface area contributed by atoms with Crippen molar-refractivity contribution in [3.8, 4) is 5.69 Å². The van der Waals surface area contributed by atoms with Crippen LogP contribution in [0.4, 0.5) is 0 Å². The molecule has 0 spiro atoms. The molecule has 1 aliphatic heterocycles. The van der Waals surface area contributed by atoms with Gasteiger partial charge in [-0.2, -0.15) is 0 Å². The number of likely N-dealkylation sites (tertiary alicyclic amines) is 1. The first-order chi connectivity index (χ1) is 11.1. The molecule has 1 aromatic carbocycles. The van der Waals surface area contributed by atoms with Crippen molar-refractivity contribution in [2.75, 3.05) is 18.8 Å². The molecule has 5 nitrogen and oxygen atoms in total. The van der Waals surface area contributed by atoms with E-state index in [1.165, 1.54) is 18.2 Å². The fraction of sp³-hybridized carbons (Fsp3) is 0.438. The van der Waals surface area contributed by atoms with Crippen LogP contribution in [0.25, 0.3) is 5.69 Å². The summed E-state index contributed by atoms with van der Waals surface area (Å²) in [6.45, 7) is 3.66. The van der Waals surface area contributed by atoms with Crippen LogP contribution in [0.5, 0.6) is 0 Å². The quantitative estimate of drug-likeness (QED) is 0.793. The number of piperidine rings is 1. The molecule has 0 atom stereocenters. The monoisotopic (exact) mass is 350 g/mol. The van der Waals surface area contributed by atoms with Gasteiger partial charge < -0.3 is 4.90 Å². The predicted octanol–water partition coefficient (Wildman–Crippen LogP) is 3.33. The SMILES string of the molecule is Cc1nnc(SCC(=O)N2CCCCC2)n1-c1ccc(Cl)cc1. The van der Waals surface area contributed by atoms with Crippen molar-refractivity contribution < 1.29 is 4.79 Å². The highest BCUT2D eigenvalue weighted by atomic mass is 35.5. The lowest BCUT2D eigenvalue weighted by Crippen LogP contribution is -2.36.